The second kappa shape index (κ2) is 8.52. The Bertz CT molecular complexity index is 577. The summed E-state index contributed by atoms with van der Waals surface area (Å²) in [5.41, 5.74) is 10.5. The Hall–Kier alpha value is -0.820. The lowest BCUT2D eigenvalue weighted by Gasteiger charge is -2.30. The monoisotopic (exact) mass is 442 g/mol. The highest BCUT2D eigenvalue weighted by Crippen LogP contribution is 2.38. The summed E-state index contributed by atoms with van der Waals surface area (Å²) in [4.78, 5) is 6.96. The van der Waals surface area contributed by atoms with Gasteiger partial charge in [0.1, 0.15) is 0 Å². The van der Waals surface area contributed by atoms with Gasteiger partial charge in [0.05, 0.1) is 0 Å². The SMILES string of the molecule is CN(C)CC1(CN=C(N)Nc2ccc3c(c2)CCC3)CCCC1.I. The minimum atomic E-state index is 0. The zero-order valence-corrected chi connectivity index (χ0v) is 17.3. The number of nitrogens with two attached hydrogens (primary N) is 1. The van der Waals surface area contributed by atoms with Gasteiger partial charge in [-0.2, -0.15) is 0 Å². The molecule has 2 aliphatic carbocycles. The molecule has 5 heteroatoms. The van der Waals surface area contributed by atoms with Gasteiger partial charge in [0.15, 0.2) is 5.96 Å². The molecule has 0 unspecified atom stereocenters. The average Bonchev–Trinajstić information content (AvgIpc) is 3.14. The highest BCUT2D eigenvalue weighted by Gasteiger charge is 2.34. The molecule has 0 saturated heterocycles. The van der Waals surface area contributed by atoms with Crippen LogP contribution in [0.2, 0.25) is 0 Å². The van der Waals surface area contributed by atoms with E-state index in [0.717, 1.165) is 18.8 Å². The van der Waals surface area contributed by atoms with Crippen LogP contribution in [0.4, 0.5) is 5.69 Å². The van der Waals surface area contributed by atoms with Crippen LogP contribution in [0.3, 0.4) is 0 Å². The standard InChI is InChI=1S/C19H30N4.HI/c1-23(2)14-19(10-3-4-11-19)13-21-18(20)22-17-9-8-15-6-5-7-16(15)12-17;/h8-9,12H,3-7,10-11,13-14H2,1-2H3,(H3,20,21,22);1H. The highest BCUT2D eigenvalue weighted by molar-refractivity contribution is 14.0. The third kappa shape index (κ3) is 4.85. The van der Waals surface area contributed by atoms with Crippen LogP contribution in [0.1, 0.15) is 43.2 Å². The van der Waals surface area contributed by atoms with E-state index in [4.69, 9.17) is 5.73 Å². The maximum absolute atomic E-state index is 6.14. The summed E-state index contributed by atoms with van der Waals surface area (Å²) >= 11 is 0. The fourth-order valence-corrected chi connectivity index (χ4v) is 4.25. The van der Waals surface area contributed by atoms with Crippen molar-refractivity contribution < 1.29 is 0 Å². The quantitative estimate of drug-likeness (QED) is 0.416. The lowest BCUT2D eigenvalue weighted by atomic mass is 9.86. The summed E-state index contributed by atoms with van der Waals surface area (Å²) in [6.45, 7) is 1.93. The van der Waals surface area contributed by atoms with Gasteiger partial charge >= 0.3 is 0 Å². The number of nitrogens with one attached hydrogen (secondary N) is 1. The Morgan fingerprint density at radius 2 is 1.88 bits per heavy atom. The Morgan fingerprint density at radius 1 is 1.17 bits per heavy atom. The number of guanidine groups is 1. The summed E-state index contributed by atoms with van der Waals surface area (Å²) in [6, 6.07) is 6.58. The number of nitrogens with zero attached hydrogens (tertiary/aromatic N) is 2. The van der Waals surface area contributed by atoms with Crippen LogP contribution in [0.5, 0.6) is 0 Å². The van der Waals surface area contributed by atoms with Crippen molar-refractivity contribution in [2.75, 3.05) is 32.5 Å². The summed E-state index contributed by atoms with van der Waals surface area (Å²) in [6.07, 6.45) is 8.85. The normalized spacial score (nSPS) is 19.2. The zero-order chi connectivity index (χ0) is 16.3. The summed E-state index contributed by atoms with van der Waals surface area (Å²) in [5, 5.41) is 3.28. The molecule has 0 aromatic heterocycles. The van der Waals surface area contributed by atoms with Gasteiger partial charge in [-0.1, -0.05) is 18.9 Å². The van der Waals surface area contributed by atoms with E-state index in [2.05, 4.69) is 47.5 Å². The molecule has 0 amide bonds. The molecule has 4 nitrogen and oxygen atoms in total. The number of hydrogen-bond acceptors (Lipinski definition) is 2. The second-order valence-electron chi connectivity index (χ2n) is 7.61. The molecule has 1 fully saturated rings. The van der Waals surface area contributed by atoms with Gasteiger partial charge in [-0.05, 0) is 69.5 Å². The first-order chi connectivity index (χ1) is 11.1. The third-order valence-corrected chi connectivity index (χ3v) is 5.27. The van der Waals surface area contributed by atoms with Gasteiger partial charge in [-0.15, -0.1) is 24.0 Å². The van der Waals surface area contributed by atoms with Gasteiger partial charge in [-0.3, -0.25) is 4.99 Å². The molecule has 0 radical (unpaired) electrons. The van der Waals surface area contributed by atoms with E-state index in [-0.39, 0.29) is 24.0 Å². The summed E-state index contributed by atoms with van der Waals surface area (Å²) < 4.78 is 0. The van der Waals surface area contributed by atoms with Crippen molar-refractivity contribution in [1.29, 1.82) is 0 Å². The first-order valence-electron chi connectivity index (χ1n) is 8.90. The largest absolute Gasteiger partial charge is 0.370 e. The van der Waals surface area contributed by atoms with Gasteiger partial charge < -0.3 is 16.0 Å². The number of aliphatic imine (C=N–C) groups is 1. The van der Waals surface area contributed by atoms with E-state index in [9.17, 15) is 0 Å². The maximum Gasteiger partial charge on any atom is 0.193 e. The van der Waals surface area contributed by atoms with Crippen LogP contribution in [0.15, 0.2) is 23.2 Å². The Kier molecular flexibility index (Phi) is 6.92. The number of hydrogen-bond donors (Lipinski definition) is 2. The number of aryl methyl sites for hydroxylation is 2. The Labute approximate surface area is 163 Å². The Balaban J connectivity index is 0.00000208. The van der Waals surface area contributed by atoms with Crippen molar-refractivity contribution in [3.8, 4) is 0 Å². The fourth-order valence-electron chi connectivity index (χ4n) is 4.25. The second-order valence-corrected chi connectivity index (χ2v) is 7.61. The topological polar surface area (TPSA) is 53.6 Å². The molecule has 1 aromatic carbocycles. The molecule has 3 rings (SSSR count). The molecule has 1 aromatic rings. The van der Waals surface area contributed by atoms with E-state index in [1.807, 2.05) is 0 Å². The first-order valence-corrected chi connectivity index (χ1v) is 8.90. The van der Waals surface area contributed by atoms with Crippen molar-refractivity contribution in [3.05, 3.63) is 29.3 Å². The van der Waals surface area contributed by atoms with Crippen LogP contribution >= 0.6 is 24.0 Å². The van der Waals surface area contributed by atoms with Crippen LogP contribution < -0.4 is 11.1 Å². The van der Waals surface area contributed by atoms with E-state index in [1.54, 1.807) is 0 Å². The van der Waals surface area contributed by atoms with Gasteiger partial charge in [0.2, 0.25) is 0 Å². The van der Waals surface area contributed by atoms with Crippen molar-refractivity contribution in [2.45, 2.75) is 44.9 Å². The number of halogens is 1. The predicted molar refractivity (Wildman–Crippen MR) is 113 cm³/mol. The molecule has 0 heterocycles. The Morgan fingerprint density at radius 3 is 2.58 bits per heavy atom. The fraction of sp³-hybridized carbons (Fsp3) is 0.632. The van der Waals surface area contributed by atoms with Gasteiger partial charge in [-0.25, -0.2) is 0 Å². The molecule has 0 spiro atoms. The molecule has 3 N–H and O–H groups in total. The molecule has 2 aliphatic rings. The number of rotatable bonds is 5. The highest BCUT2D eigenvalue weighted by atomic mass is 127. The van der Waals surface area contributed by atoms with Crippen molar-refractivity contribution in [2.24, 2.45) is 16.1 Å². The molecule has 134 valence electrons. The minimum absolute atomic E-state index is 0. The van der Waals surface area contributed by atoms with Crippen LogP contribution in [-0.2, 0) is 12.8 Å². The van der Waals surface area contributed by atoms with Crippen molar-refractivity contribution in [1.82, 2.24) is 4.90 Å². The molecular formula is C19H31IN4. The van der Waals surface area contributed by atoms with Crippen LogP contribution in [0.25, 0.3) is 0 Å². The summed E-state index contributed by atoms with van der Waals surface area (Å²) in [5.74, 6) is 0.549. The first kappa shape index (κ1) is 19.5. The molecule has 0 aliphatic heterocycles. The zero-order valence-electron chi connectivity index (χ0n) is 15.0. The minimum Gasteiger partial charge on any atom is -0.370 e. The molecular weight excluding hydrogens is 411 g/mol. The number of benzene rings is 1. The number of fused-ring (bicyclic) bond motifs is 1. The van der Waals surface area contributed by atoms with Crippen LogP contribution in [-0.4, -0.2) is 38.0 Å². The van der Waals surface area contributed by atoms with Gasteiger partial charge in [0.25, 0.3) is 0 Å². The maximum atomic E-state index is 6.14. The van der Waals surface area contributed by atoms with E-state index in [0.29, 0.717) is 11.4 Å². The average molecular weight is 442 g/mol. The third-order valence-electron chi connectivity index (χ3n) is 5.27. The molecule has 24 heavy (non-hydrogen) atoms. The van der Waals surface area contributed by atoms with E-state index in [1.165, 1.54) is 56.1 Å². The molecule has 0 atom stereocenters. The summed E-state index contributed by atoms with van der Waals surface area (Å²) in [7, 11) is 4.30. The van der Waals surface area contributed by atoms with Crippen molar-refractivity contribution >= 4 is 35.6 Å². The predicted octanol–water partition coefficient (Wildman–Crippen LogP) is 3.64. The van der Waals surface area contributed by atoms with E-state index >= 15 is 0 Å². The smallest absolute Gasteiger partial charge is 0.193 e. The van der Waals surface area contributed by atoms with Crippen LogP contribution in [0, 0.1) is 5.41 Å². The molecule has 1 saturated carbocycles. The van der Waals surface area contributed by atoms with Crippen molar-refractivity contribution in [3.63, 3.8) is 0 Å². The lowest BCUT2D eigenvalue weighted by Crippen LogP contribution is -2.35. The lowest BCUT2D eigenvalue weighted by molar-refractivity contribution is 0.210. The van der Waals surface area contributed by atoms with E-state index < -0.39 is 0 Å². The van der Waals surface area contributed by atoms with Gasteiger partial charge in [0, 0.05) is 24.2 Å². The number of anilines is 1. The molecule has 0 bridgehead atoms.